The number of halogens is 2. The van der Waals surface area contributed by atoms with E-state index in [1.165, 1.54) is 12.1 Å². The molecule has 1 unspecified atom stereocenters. The van der Waals surface area contributed by atoms with Crippen molar-refractivity contribution in [3.8, 4) is 6.07 Å². The molecule has 1 saturated carbocycles. The van der Waals surface area contributed by atoms with Gasteiger partial charge in [-0.25, -0.2) is 9.07 Å². The largest absolute Gasteiger partial charge is 0.383 e. The highest BCUT2D eigenvalue weighted by Crippen LogP contribution is 2.48. The highest BCUT2D eigenvalue weighted by molar-refractivity contribution is 14.1. The van der Waals surface area contributed by atoms with Crippen molar-refractivity contribution in [2.75, 3.05) is 17.2 Å². The van der Waals surface area contributed by atoms with E-state index in [-0.39, 0.29) is 16.8 Å². The SMILES string of the molecule is CC(C)(C)CNc1c(C#N)cnc2c(I)cc(NC(c3ccc(F)cc3)c3cn(C4(c5cnccn5)CC4)nn3)cc12. The van der Waals surface area contributed by atoms with Crippen LogP contribution in [0.4, 0.5) is 15.8 Å². The first-order valence-electron chi connectivity index (χ1n) is 13.6. The number of pyridine rings is 1. The Morgan fingerprint density at radius 2 is 1.90 bits per heavy atom. The summed E-state index contributed by atoms with van der Waals surface area (Å²) in [5.74, 6) is -0.314. The molecule has 9 nitrogen and oxygen atoms in total. The summed E-state index contributed by atoms with van der Waals surface area (Å²) < 4.78 is 16.7. The summed E-state index contributed by atoms with van der Waals surface area (Å²) in [6, 6.07) is 12.3. The number of nitrogens with one attached hydrogen (secondary N) is 2. The third-order valence-corrected chi connectivity index (χ3v) is 8.19. The van der Waals surface area contributed by atoms with Gasteiger partial charge in [0.25, 0.3) is 0 Å². The zero-order chi connectivity index (χ0) is 29.5. The molecule has 42 heavy (non-hydrogen) atoms. The molecule has 0 aliphatic heterocycles. The average Bonchev–Trinajstić information content (AvgIpc) is 3.64. The molecule has 2 N–H and O–H groups in total. The van der Waals surface area contributed by atoms with E-state index in [0.29, 0.717) is 17.8 Å². The van der Waals surface area contributed by atoms with Crippen LogP contribution in [0.2, 0.25) is 0 Å². The van der Waals surface area contributed by atoms with Crippen LogP contribution in [0.5, 0.6) is 0 Å². The minimum atomic E-state index is -0.427. The molecule has 0 radical (unpaired) electrons. The molecule has 11 heteroatoms. The smallest absolute Gasteiger partial charge is 0.123 e. The third kappa shape index (κ3) is 5.51. The van der Waals surface area contributed by atoms with Gasteiger partial charge in [0.05, 0.1) is 40.9 Å². The number of nitriles is 1. The van der Waals surface area contributed by atoms with E-state index in [9.17, 15) is 9.65 Å². The first-order valence-corrected chi connectivity index (χ1v) is 14.7. The van der Waals surface area contributed by atoms with Crippen LogP contribution in [0.1, 0.15) is 62.2 Å². The third-order valence-electron chi connectivity index (χ3n) is 7.36. The van der Waals surface area contributed by atoms with E-state index < -0.39 is 6.04 Å². The predicted molar refractivity (Wildman–Crippen MR) is 167 cm³/mol. The molecular weight excluding hydrogens is 644 g/mol. The van der Waals surface area contributed by atoms with Crippen LogP contribution in [0, 0.1) is 26.1 Å². The number of hydrogen-bond donors (Lipinski definition) is 2. The van der Waals surface area contributed by atoms with Gasteiger partial charge in [0, 0.05) is 39.8 Å². The van der Waals surface area contributed by atoms with Crippen molar-refractivity contribution in [2.45, 2.75) is 45.2 Å². The van der Waals surface area contributed by atoms with Gasteiger partial charge in [0.2, 0.25) is 0 Å². The lowest BCUT2D eigenvalue weighted by Crippen LogP contribution is -2.21. The van der Waals surface area contributed by atoms with Crippen molar-refractivity contribution in [3.05, 3.63) is 99.3 Å². The summed E-state index contributed by atoms with van der Waals surface area (Å²) in [5.41, 5.74) is 4.86. The van der Waals surface area contributed by atoms with E-state index in [2.05, 4.69) is 85.3 Å². The Balaban J connectivity index is 1.41. The molecule has 0 saturated heterocycles. The van der Waals surface area contributed by atoms with Crippen molar-refractivity contribution in [2.24, 2.45) is 5.41 Å². The van der Waals surface area contributed by atoms with Crippen LogP contribution in [0.15, 0.2) is 67.4 Å². The lowest BCUT2D eigenvalue weighted by atomic mass is 9.96. The standard InChI is InChI=1S/C31H29FIN9/c1-30(2,3)18-38-27-20(14-34)15-37-29-23(27)12-22(13-24(29)33)39-28(19-4-6-21(32)7-5-19)25-17-42(41-40-25)31(8-9-31)26-16-35-10-11-36-26/h4-7,10-13,15-17,28,39H,8-9,18H2,1-3H3,(H,37,38). The van der Waals surface area contributed by atoms with Gasteiger partial charge in [-0.1, -0.05) is 38.1 Å². The van der Waals surface area contributed by atoms with Gasteiger partial charge in [-0.05, 0) is 70.7 Å². The van der Waals surface area contributed by atoms with Gasteiger partial charge in [0.1, 0.15) is 23.1 Å². The van der Waals surface area contributed by atoms with Gasteiger partial charge in [0.15, 0.2) is 0 Å². The number of benzene rings is 2. The molecular formula is C31H29FIN9. The second kappa shape index (κ2) is 10.9. The first-order chi connectivity index (χ1) is 20.2. The molecule has 3 aromatic heterocycles. The highest BCUT2D eigenvalue weighted by atomic mass is 127. The molecule has 0 bridgehead atoms. The van der Waals surface area contributed by atoms with E-state index in [4.69, 9.17) is 0 Å². The van der Waals surface area contributed by atoms with Gasteiger partial charge < -0.3 is 10.6 Å². The first kappa shape index (κ1) is 28.0. The van der Waals surface area contributed by atoms with Gasteiger partial charge >= 0.3 is 0 Å². The summed E-state index contributed by atoms with van der Waals surface area (Å²) in [6.07, 6.45) is 10.5. The van der Waals surface area contributed by atoms with E-state index in [0.717, 1.165) is 49.9 Å². The van der Waals surface area contributed by atoms with Crippen molar-refractivity contribution < 1.29 is 4.39 Å². The van der Waals surface area contributed by atoms with Crippen LogP contribution < -0.4 is 10.6 Å². The molecule has 5 aromatic rings. The fourth-order valence-electron chi connectivity index (χ4n) is 5.00. The van der Waals surface area contributed by atoms with E-state index in [1.54, 1.807) is 36.9 Å². The van der Waals surface area contributed by atoms with Crippen LogP contribution in [0.3, 0.4) is 0 Å². The normalized spacial score (nSPS) is 14.8. The zero-order valence-electron chi connectivity index (χ0n) is 23.4. The fraction of sp³-hybridized carbons (Fsp3) is 0.290. The number of hydrogen-bond acceptors (Lipinski definition) is 8. The summed E-state index contributed by atoms with van der Waals surface area (Å²) in [5, 5.41) is 26.9. The maximum atomic E-state index is 13.9. The van der Waals surface area contributed by atoms with Crippen LogP contribution >= 0.6 is 22.6 Å². The van der Waals surface area contributed by atoms with Crippen molar-refractivity contribution in [1.29, 1.82) is 5.26 Å². The predicted octanol–water partition coefficient (Wildman–Crippen LogP) is 6.43. The molecule has 1 fully saturated rings. The molecule has 0 amide bonds. The van der Waals surface area contributed by atoms with Gasteiger partial charge in [-0.15, -0.1) is 5.10 Å². The second-order valence-electron chi connectivity index (χ2n) is 11.8. The molecule has 6 rings (SSSR count). The minimum Gasteiger partial charge on any atom is -0.383 e. The van der Waals surface area contributed by atoms with Gasteiger partial charge in [-0.2, -0.15) is 5.26 Å². The zero-order valence-corrected chi connectivity index (χ0v) is 25.6. The van der Waals surface area contributed by atoms with Crippen molar-refractivity contribution in [1.82, 2.24) is 29.9 Å². The summed E-state index contributed by atoms with van der Waals surface area (Å²) >= 11 is 2.27. The summed E-state index contributed by atoms with van der Waals surface area (Å²) in [6.45, 7) is 7.11. The minimum absolute atomic E-state index is 0.00902. The molecule has 2 aromatic carbocycles. The molecule has 3 heterocycles. The lowest BCUT2D eigenvalue weighted by Gasteiger charge is -2.22. The Hall–Kier alpha value is -4.18. The van der Waals surface area contributed by atoms with Crippen LogP contribution in [-0.2, 0) is 5.54 Å². The molecule has 1 atom stereocenters. The highest BCUT2D eigenvalue weighted by Gasteiger charge is 2.49. The van der Waals surface area contributed by atoms with Crippen LogP contribution in [0.25, 0.3) is 10.9 Å². The van der Waals surface area contributed by atoms with E-state index >= 15 is 0 Å². The van der Waals surface area contributed by atoms with Crippen molar-refractivity contribution >= 4 is 44.9 Å². The number of rotatable bonds is 8. The Morgan fingerprint density at radius 3 is 2.57 bits per heavy atom. The second-order valence-corrected chi connectivity index (χ2v) is 12.9. The Morgan fingerprint density at radius 1 is 1.12 bits per heavy atom. The number of aromatic nitrogens is 6. The Labute approximate surface area is 256 Å². The quantitative estimate of drug-likeness (QED) is 0.181. The van der Waals surface area contributed by atoms with E-state index in [1.807, 2.05) is 23.0 Å². The maximum Gasteiger partial charge on any atom is 0.123 e. The van der Waals surface area contributed by atoms with Crippen molar-refractivity contribution in [3.63, 3.8) is 0 Å². The number of fused-ring (bicyclic) bond motifs is 1. The number of anilines is 2. The monoisotopic (exact) mass is 673 g/mol. The Kier molecular flexibility index (Phi) is 7.26. The summed E-state index contributed by atoms with van der Waals surface area (Å²) in [7, 11) is 0. The van der Waals surface area contributed by atoms with Crippen LogP contribution in [-0.4, -0.2) is 36.5 Å². The molecule has 1 aliphatic rings. The molecule has 0 spiro atoms. The molecule has 1 aliphatic carbocycles. The molecule has 212 valence electrons. The van der Waals surface area contributed by atoms with Gasteiger partial charge in [-0.3, -0.25) is 15.0 Å². The maximum absolute atomic E-state index is 13.9. The average molecular weight is 674 g/mol. The topological polar surface area (TPSA) is 117 Å². The Bertz CT molecular complexity index is 1790. The number of nitrogens with zero attached hydrogens (tertiary/aromatic N) is 7. The lowest BCUT2D eigenvalue weighted by molar-refractivity contribution is 0.443. The fourth-order valence-corrected chi connectivity index (χ4v) is 5.77. The summed E-state index contributed by atoms with van der Waals surface area (Å²) in [4.78, 5) is 13.4.